The lowest BCUT2D eigenvalue weighted by Gasteiger charge is -2.30. The molecule has 1 aliphatic rings. The summed E-state index contributed by atoms with van der Waals surface area (Å²) in [5.74, 6) is 0.683. The standard InChI is InChI=1S/C14H28N2O2/c1-11(2)6-5-9-15-13(18)16-12-7-4-8-14(12,3)10-17/h11-12,17H,4-10H2,1-3H3,(H2,15,16,18). The first-order chi connectivity index (χ1) is 8.48. The SMILES string of the molecule is CC(C)CCCNC(=O)NC1CCCC1(C)CO. The Kier molecular flexibility index (Phi) is 5.93. The van der Waals surface area contributed by atoms with Gasteiger partial charge in [0.1, 0.15) is 0 Å². The van der Waals surface area contributed by atoms with E-state index in [1.54, 1.807) is 0 Å². The Hall–Kier alpha value is -0.770. The first-order valence-corrected chi connectivity index (χ1v) is 7.13. The molecule has 1 aliphatic carbocycles. The van der Waals surface area contributed by atoms with Crippen molar-refractivity contribution in [3.63, 3.8) is 0 Å². The van der Waals surface area contributed by atoms with Crippen molar-refractivity contribution in [2.45, 2.75) is 58.9 Å². The lowest BCUT2D eigenvalue weighted by molar-refractivity contribution is 0.121. The average molecular weight is 256 g/mol. The third-order valence-electron chi connectivity index (χ3n) is 3.99. The van der Waals surface area contributed by atoms with E-state index in [0.29, 0.717) is 5.92 Å². The molecule has 0 aliphatic heterocycles. The van der Waals surface area contributed by atoms with E-state index >= 15 is 0 Å². The van der Waals surface area contributed by atoms with Gasteiger partial charge in [-0.1, -0.05) is 27.2 Å². The summed E-state index contributed by atoms with van der Waals surface area (Å²) in [4.78, 5) is 11.7. The monoisotopic (exact) mass is 256 g/mol. The lowest BCUT2D eigenvalue weighted by Crippen LogP contribution is -2.48. The Balaban J connectivity index is 2.23. The fraction of sp³-hybridized carbons (Fsp3) is 0.929. The van der Waals surface area contributed by atoms with Gasteiger partial charge in [-0.15, -0.1) is 0 Å². The molecule has 0 radical (unpaired) electrons. The van der Waals surface area contributed by atoms with Crippen molar-refractivity contribution in [1.29, 1.82) is 0 Å². The Morgan fingerprint density at radius 2 is 2.22 bits per heavy atom. The Labute approximate surface area is 111 Å². The maximum atomic E-state index is 11.7. The minimum atomic E-state index is -0.144. The van der Waals surface area contributed by atoms with Crippen LogP contribution < -0.4 is 10.6 Å². The summed E-state index contributed by atoms with van der Waals surface area (Å²) in [5, 5.41) is 15.3. The number of nitrogens with one attached hydrogen (secondary N) is 2. The summed E-state index contributed by atoms with van der Waals surface area (Å²) in [6.07, 6.45) is 5.19. The van der Waals surface area contributed by atoms with Crippen LogP contribution in [0.3, 0.4) is 0 Å². The minimum Gasteiger partial charge on any atom is -0.396 e. The van der Waals surface area contributed by atoms with Gasteiger partial charge in [0.2, 0.25) is 0 Å². The molecule has 3 N–H and O–H groups in total. The molecule has 106 valence electrons. The van der Waals surface area contributed by atoms with E-state index in [9.17, 15) is 9.90 Å². The molecule has 0 heterocycles. The number of hydrogen-bond acceptors (Lipinski definition) is 2. The predicted octanol–water partition coefficient (Wildman–Crippen LogP) is 2.27. The van der Waals surface area contributed by atoms with Gasteiger partial charge >= 0.3 is 6.03 Å². The summed E-state index contributed by atoms with van der Waals surface area (Å²) in [5.41, 5.74) is -0.144. The highest BCUT2D eigenvalue weighted by Crippen LogP contribution is 2.37. The van der Waals surface area contributed by atoms with Crippen LogP contribution in [0.2, 0.25) is 0 Å². The van der Waals surface area contributed by atoms with Crippen LogP contribution in [-0.4, -0.2) is 30.3 Å². The number of rotatable bonds is 6. The predicted molar refractivity (Wildman–Crippen MR) is 73.4 cm³/mol. The van der Waals surface area contributed by atoms with E-state index in [4.69, 9.17) is 0 Å². The van der Waals surface area contributed by atoms with Crippen LogP contribution in [0.4, 0.5) is 4.79 Å². The molecular formula is C14H28N2O2. The van der Waals surface area contributed by atoms with Gasteiger partial charge in [0.15, 0.2) is 0 Å². The van der Waals surface area contributed by atoms with Gasteiger partial charge in [-0.05, 0) is 31.6 Å². The quantitative estimate of drug-likeness (QED) is 0.638. The van der Waals surface area contributed by atoms with Crippen LogP contribution in [0.15, 0.2) is 0 Å². The van der Waals surface area contributed by atoms with E-state index in [1.807, 2.05) is 6.92 Å². The van der Waals surface area contributed by atoms with E-state index in [-0.39, 0.29) is 24.1 Å². The summed E-state index contributed by atoms with van der Waals surface area (Å²) >= 11 is 0. The third-order valence-corrected chi connectivity index (χ3v) is 3.99. The van der Waals surface area contributed by atoms with Crippen LogP contribution in [-0.2, 0) is 0 Å². The fourth-order valence-corrected chi connectivity index (χ4v) is 2.59. The summed E-state index contributed by atoms with van der Waals surface area (Å²) in [6, 6.07) is 0.0120. The zero-order chi connectivity index (χ0) is 13.6. The summed E-state index contributed by atoms with van der Waals surface area (Å²) < 4.78 is 0. The van der Waals surface area contributed by atoms with Gasteiger partial charge in [0.25, 0.3) is 0 Å². The van der Waals surface area contributed by atoms with Gasteiger partial charge in [0, 0.05) is 18.0 Å². The van der Waals surface area contributed by atoms with Crippen LogP contribution in [0, 0.1) is 11.3 Å². The molecular weight excluding hydrogens is 228 g/mol. The molecule has 0 aromatic carbocycles. The van der Waals surface area contributed by atoms with Gasteiger partial charge in [-0.25, -0.2) is 4.79 Å². The average Bonchev–Trinajstić information content (AvgIpc) is 2.67. The van der Waals surface area contributed by atoms with Gasteiger partial charge in [-0.3, -0.25) is 0 Å². The number of aliphatic hydroxyl groups excluding tert-OH is 1. The van der Waals surface area contributed by atoms with Crippen molar-refractivity contribution in [3.8, 4) is 0 Å². The first kappa shape index (κ1) is 15.3. The van der Waals surface area contributed by atoms with E-state index in [1.165, 1.54) is 0 Å². The van der Waals surface area contributed by atoms with Crippen molar-refractivity contribution in [2.24, 2.45) is 11.3 Å². The van der Waals surface area contributed by atoms with Crippen molar-refractivity contribution < 1.29 is 9.90 Å². The fourth-order valence-electron chi connectivity index (χ4n) is 2.59. The lowest BCUT2D eigenvalue weighted by atomic mass is 9.86. The smallest absolute Gasteiger partial charge is 0.315 e. The van der Waals surface area contributed by atoms with Crippen LogP contribution >= 0.6 is 0 Å². The zero-order valence-electron chi connectivity index (χ0n) is 12.0. The molecule has 0 bridgehead atoms. The highest BCUT2D eigenvalue weighted by molar-refractivity contribution is 5.74. The van der Waals surface area contributed by atoms with Gasteiger partial charge < -0.3 is 15.7 Å². The molecule has 4 nitrogen and oxygen atoms in total. The third kappa shape index (κ3) is 4.48. The Morgan fingerprint density at radius 1 is 1.50 bits per heavy atom. The second-order valence-electron chi connectivity index (χ2n) is 6.19. The van der Waals surface area contributed by atoms with Crippen molar-refractivity contribution in [3.05, 3.63) is 0 Å². The Morgan fingerprint density at radius 3 is 2.83 bits per heavy atom. The van der Waals surface area contributed by atoms with E-state index in [2.05, 4.69) is 24.5 Å². The topological polar surface area (TPSA) is 61.4 Å². The van der Waals surface area contributed by atoms with Crippen molar-refractivity contribution >= 4 is 6.03 Å². The maximum Gasteiger partial charge on any atom is 0.315 e. The molecule has 4 heteroatoms. The van der Waals surface area contributed by atoms with Crippen LogP contribution in [0.25, 0.3) is 0 Å². The minimum absolute atomic E-state index is 0.0923. The molecule has 0 aromatic rings. The van der Waals surface area contributed by atoms with E-state index in [0.717, 1.165) is 38.6 Å². The highest BCUT2D eigenvalue weighted by atomic mass is 16.3. The van der Waals surface area contributed by atoms with Crippen molar-refractivity contribution in [2.75, 3.05) is 13.2 Å². The number of carbonyl (C=O) groups is 1. The molecule has 2 unspecified atom stereocenters. The molecule has 0 spiro atoms. The molecule has 1 fully saturated rings. The second kappa shape index (κ2) is 6.98. The molecule has 18 heavy (non-hydrogen) atoms. The number of aliphatic hydroxyl groups is 1. The molecule has 1 saturated carbocycles. The maximum absolute atomic E-state index is 11.7. The molecule has 2 amide bonds. The molecule has 1 rings (SSSR count). The van der Waals surface area contributed by atoms with Gasteiger partial charge in [-0.2, -0.15) is 0 Å². The molecule has 0 aromatic heterocycles. The largest absolute Gasteiger partial charge is 0.396 e. The van der Waals surface area contributed by atoms with Gasteiger partial charge in [0.05, 0.1) is 6.61 Å². The van der Waals surface area contributed by atoms with Crippen LogP contribution in [0.5, 0.6) is 0 Å². The first-order valence-electron chi connectivity index (χ1n) is 7.13. The molecule has 2 atom stereocenters. The molecule has 0 saturated heterocycles. The van der Waals surface area contributed by atoms with Crippen molar-refractivity contribution in [1.82, 2.24) is 10.6 Å². The number of amides is 2. The Bertz CT molecular complexity index is 269. The summed E-state index contributed by atoms with van der Waals surface area (Å²) in [6.45, 7) is 7.29. The number of carbonyl (C=O) groups excluding carboxylic acids is 1. The zero-order valence-corrected chi connectivity index (χ0v) is 12.0. The normalized spacial score (nSPS) is 27.5. The summed E-state index contributed by atoms with van der Waals surface area (Å²) in [7, 11) is 0. The second-order valence-corrected chi connectivity index (χ2v) is 6.19. The van der Waals surface area contributed by atoms with Crippen LogP contribution in [0.1, 0.15) is 52.9 Å². The van der Waals surface area contributed by atoms with E-state index < -0.39 is 0 Å². The number of urea groups is 1. The number of hydrogen-bond donors (Lipinski definition) is 3. The highest BCUT2D eigenvalue weighted by Gasteiger charge is 2.38.